The highest BCUT2D eigenvalue weighted by atomic mass is 32.1. The third-order valence-electron chi connectivity index (χ3n) is 3.25. The van der Waals surface area contributed by atoms with Crippen LogP contribution in [0.5, 0.6) is 0 Å². The van der Waals surface area contributed by atoms with Crippen molar-refractivity contribution in [2.24, 2.45) is 11.1 Å². The molecule has 0 aromatic heterocycles. The molecule has 5 nitrogen and oxygen atoms in total. The second-order valence-electron chi connectivity index (χ2n) is 4.91. The molecule has 0 aromatic carbocycles. The topological polar surface area (TPSA) is 72.6 Å². The molecule has 0 bridgehead atoms. The van der Waals surface area contributed by atoms with Crippen molar-refractivity contribution in [1.82, 2.24) is 4.90 Å². The second-order valence-corrected chi connectivity index (χ2v) is 5.35. The third kappa shape index (κ3) is 4.74. The molecule has 20 heavy (non-hydrogen) atoms. The number of carbonyl (C=O) groups is 2. The molecule has 2 N–H and O–H groups in total. The lowest BCUT2D eigenvalue weighted by Crippen LogP contribution is -2.50. The van der Waals surface area contributed by atoms with Gasteiger partial charge < -0.3 is 15.4 Å². The minimum absolute atomic E-state index is 0.0789. The number of thiocarbonyl (C=S) groups is 1. The third-order valence-corrected chi connectivity index (χ3v) is 3.64. The molecular formula is C14H26N2O3S. The van der Waals surface area contributed by atoms with E-state index in [-0.39, 0.29) is 17.4 Å². The first-order valence-corrected chi connectivity index (χ1v) is 7.47. The molecule has 0 aliphatic rings. The van der Waals surface area contributed by atoms with Gasteiger partial charge in [0.2, 0.25) is 5.91 Å². The first kappa shape index (κ1) is 18.8. The molecule has 116 valence electrons. The molecule has 0 aliphatic heterocycles. The average Bonchev–Trinajstić information content (AvgIpc) is 2.37. The molecule has 0 unspecified atom stereocenters. The quantitative estimate of drug-likeness (QED) is 0.520. The van der Waals surface area contributed by atoms with E-state index >= 15 is 0 Å². The molecule has 1 amide bonds. The van der Waals surface area contributed by atoms with Crippen LogP contribution < -0.4 is 5.73 Å². The molecule has 0 aliphatic carbocycles. The van der Waals surface area contributed by atoms with E-state index < -0.39 is 11.4 Å². The van der Waals surface area contributed by atoms with Crippen LogP contribution in [0.3, 0.4) is 0 Å². The van der Waals surface area contributed by atoms with Crippen LogP contribution in [0.1, 0.15) is 46.5 Å². The summed E-state index contributed by atoms with van der Waals surface area (Å²) in [7, 11) is 1.58. The summed E-state index contributed by atoms with van der Waals surface area (Å²) < 4.78 is 4.86. The van der Waals surface area contributed by atoms with Gasteiger partial charge in [0.05, 0.1) is 17.0 Å². The first-order valence-electron chi connectivity index (χ1n) is 7.06. The fourth-order valence-electron chi connectivity index (χ4n) is 2.38. The van der Waals surface area contributed by atoms with Crippen molar-refractivity contribution in [3.8, 4) is 0 Å². The molecule has 0 rings (SSSR count). The zero-order chi connectivity index (χ0) is 15.8. The van der Waals surface area contributed by atoms with Crippen LogP contribution in [0.2, 0.25) is 0 Å². The Morgan fingerprint density at radius 2 is 1.70 bits per heavy atom. The predicted octanol–water partition coefficient (Wildman–Crippen LogP) is 1.88. The summed E-state index contributed by atoms with van der Waals surface area (Å²) in [5.74, 6) is -0.616. The van der Waals surface area contributed by atoms with E-state index in [0.717, 1.165) is 12.8 Å². The van der Waals surface area contributed by atoms with E-state index in [1.807, 2.05) is 13.8 Å². The molecule has 0 radical (unpaired) electrons. The minimum Gasteiger partial charge on any atom is -0.465 e. The van der Waals surface area contributed by atoms with Gasteiger partial charge in [0.25, 0.3) is 0 Å². The Kier molecular flexibility index (Phi) is 8.37. The van der Waals surface area contributed by atoms with E-state index in [2.05, 4.69) is 0 Å². The number of nitrogens with zero attached hydrogens (tertiary/aromatic N) is 1. The van der Waals surface area contributed by atoms with Gasteiger partial charge in [-0.1, -0.05) is 38.9 Å². The van der Waals surface area contributed by atoms with Gasteiger partial charge in [0.1, 0.15) is 6.54 Å². The summed E-state index contributed by atoms with van der Waals surface area (Å²) in [6.07, 6.45) is 2.80. The monoisotopic (exact) mass is 302 g/mol. The van der Waals surface area contributed by atoms with Crippen molar-refractivity contribution in [3.05, 3.63) is 0 Å². The zero-order valence-corrected chi connectivity index (χ0v) is 13.7. The van der Waals surface area contributed by atoms with Gasteiger partial charge in [-0.3, -0.25) is 9.59 Å². The van der Waals surface area contributed by atoms with E-state index in [4.69, 9.17) is 22.7 Å². The summed E-state index contributed by atoms with van der Waals surface area (Å²) in [4.78, 5) is 25.7. The van der Waals surface area contributed by atoms with Crippen molar-refractivity contribution in [2.75, 3.05) is 20.2 Å². The van der Waals surface area contributed by atoms with Gasteiger partial charge in [-0.15, -0.1) is 0 Å². The second kappa shape index (κ2) is 8.89. The Labute approximate surface area is 126 Å². The maximum absolute atomic E-state index is 12.7. The smallest absolute Gasteiger partial charge is 0.325 e. The fraction of sp³-hybridized carbons (Fsp3) is 0.786. The molecule has 0 aromatic rings. The Morgan fingerprint density at radius 3 is 2.05 bits per heavy atom. The Bertz CT molecular complexity index is 352. The SMILES string of the molecule is CCCC(CCC)(C(=O)N(C)CC(=O)OCC)C(N)=S. The van der Waals surface area contributed by atoms with Crippen LogP contribution >= 0.6 is 12.2 Å². The summed E-state index contributed by atoms with van der Waals surface area (Å²) >= 11 is 5.13. The largest absolute Gasteiger partial charge is 0.465 e. The minimum atomic E-state index is -0.847. The highest BCUT2D eigenvalue weighted by Crippen LogP contribution is 2.32. The van der Waals surface area contributed by atoms with Gasteiger partial charge in [-0.25, -0.2) is 0 Å². The van der Waals surface area contributed by atoms with Crippen LogP contribution in [0.4, 0.5) is 0 Å². The van der Waals surface area contributed by atoms with Gasteiger partial charge >= 0.3 is 5.97 Å². The number of carbonyl (C=O) groups excluding carboxylic acids is 2. The van der Waals surface area contributed by atoms with Gasteiger partial charge in [0, 0.05) is 7.05 Å². The Morgan fingerprint density at radius 1 is 1.20 bits per heavy atom. The molecule has 0 saturated carbocycles. The number of nitrogens with two attached hydrogens (primary N) is 1. The number of rotatable bonds is 9. The van der Waals surface area contributed by atoms with Gasteiger partial charge in [-0.05, 0) is 19.8 Å². The number of ether oxygens (including phenoxy) is 1. The lowest BCUT2D eigenvalue weighted by Gasteiger charge is -2.34. The molecule has 0 fully saturated rings. The molecule has 6 heteroatoms. The Hall–Kier alpha value is -1.17. The number of amides is 1. The molecule has 0 saturated heterocycles. The van der Waals surface area contributed by atoms with E-state index in [0.29, 0.717) is 19.4 Å². The number of hydrogen-bond acceptors (Lipinski definition) is 4. The molecule has 0 heterocycles. The van der Waals surface area contributed by atoms with Gasteiger partial charge in [-0.2, -0.15) is 0 Å². The predicted molar refractivity (Wildman–Crippen MR) is 83.3 cm³/mol. The average molecular weight is 302 g/mol. The summed E-state index contributed by atoms with van der Waals surface area (Å²) in [5, 5.41) is 0. The summed E-state index contributed by atoms with van der Waals surface area (Å²) in [6.45, 7) is 5.92. The highest BCUT2D eigenvalue weighted by molar-refractivity contribution is 7.80. The van der Waals surface area contributed by atoms with E-state index in [1.165, 1.54) is 4.90 Å². The van der Waals surface area contributed by atoms with Crippen LogP contribution in [0, 0.1) is 5.41 Å². The van der Waals surface area contributed by atoms with Gasteiger partial charge in [0.15, 0.2) is 0 Å². The normalized spacial score (nSPS) is 11.0. The van der Waals surface area contributed by atoms with Crippen LogP contribution in [-0.2, 0) is 14.3 Å². The lowest BCUT2D eigenvalue weighted by molar-refractivity contribution is -0.150. The van der Waals surface area contributed by atoms with Crippen LogP contribution in [0.15, 0.2) is 0 Å². The standard InChI is InChI=1S/C14H26N2O3S/c1-5-8-14(9-6-2,12(15)20)13(18)16(4)10-11(17)19-7-3/h5-10H2,1-4H3,(H2,15,20). The number of hydrogen-bond donors (Lipinski definition) is 1. The van der Waals surface area contributed by atoms with Crippen LogP contribution in [0.25, 0.3) is 0 Å². The van der Waals surface area contributed by atoms with E-state index in [1.54, 1.807) is 14.0 Å². The highest BCUT2D eigenvalue weighted by Gasteiger charge is 2.42. The van der Waals surface area contributed by atoms with Crippen molar-refractivity contribution >= 4 is 29.1 Å². The fourth-order valence-corrected chi connectivity index (χ4v) is 2.67. The van der Waals surface area contributed by atoms with Crippen molar-refractivity contribution in [3.63, 3.8) is 0 Å². The summed E-state index contributed by atoms with van der Waals surface area (Å²) in [5.41, 5.74) is 4.99. The lowest BCUT2D eigenvalue weighted by atomic mass is 9.77. The van der Waals surface area contributed by atoms with Crippen LogP contribution in [-0.4, -0.2) is 42.0 Å². The van der Waals surface area contributed by atoms with Crippen molar-refractivity contribution in [2.45, 2.75) is 46.5 Å². The zero-order valence-electron chi connectivity index (χ0n) is 12.9. The Balaban J connectivity index is 5.11. The molecule has 0 atom stereocenters. The van der Waals surface area contributed by atoms with Crippen molar-refractivity contribution in [1.29, 1.82) is 0 Å². The van der Waals surface area contributed by atoms with E-state index in [9.17, 15) is 9.59 Å². The maximum atomic E-state index is 12.7. The first-order chi connectivity index (χ1) is 9.35. The van der Waals surface area contributed by atoms with Crippen molar-refractivity contribution < 1.29 is 14.3 Å². The number of esters is 1. The number of likely N-dealkylation sites (N-methyl/N-ethyl adjacent to an activating group) is 1. The summed E-state index contributed by atoms with van der Waals surface area (Å²) in [6, 6.07) is 0. The maximum Gasteiger partial charge on any atom is 0.325 e. The molecule has 0 spiro atoms. The molecular weight excluding hydrogens is 276 g/mol.